The normalized spacial score (nSPS) is 19.9. The molecular formula is C15H16FN3O3. The largest absolute Gasteiger partial charge is 0.352 e. The summed E-state index contributed by atoms with van der Waals surface area (Å²) >= 11 is 0. The van der Waals surface area contributed by atoms with E-state index in [0.717, 1.165) is 12.8 Å². The van der Waals surface area contributed by atoms with Gasteiger partial charge in [0.05, 0.1) is 12.5 Å². The molecule has 6 nitrogen and oxygen atoms in total. The minimum absolute atomic E-state index is 0.0191. The highest BCUT2D eigenvalue weighted by Crippen LogP contribution is 2.32. The molecule has 1 aliphatic heterocycles. The number of hydrogen-bond acceptors (Lipinski definition) is 3. The van der Waals surface area contributed by atoms with E-state index in [4.69, 9.17) is 0 Å². The van der Waals surface area contributed by atoms with E-state index >= 15 is 0 Å². The number of carbonyl (C=O) groups excluding carboxylic acids is 3. The van der Waals surface area contributed by atoms with Crippen LogP contribution in [0.5, 0.6) is 0 Å². The Morgan fingerprint density at radius 1 is 1.32 bits per heavy atom. The third-order valence-electron chi connectivity index (χ3n) is 3.74. The maximum Gasteiger partial charge on any atom is 0.239 e. The van der Waals surface area contributed by atoms with E-state index in [1.54, 1.807) is 0 Å². The quantitative estimate of drug-likeness (QED) is 0.763. The Morgan fingerprint density at radius 3 is 2.82 bits per heavy atom. The van der Waals surface area contributed by atoms with Gasteiger partial charge in [0.2, 0.25) is 17.7 Å². The number of fused-ring (bicyclic) bond motifs is 1. The minimum Gasteiger partial charge on any atom is -0.352 e. The van der Waals surface area contributed by atoms with E-state index in [2.05, 4.69) is 16.0 Å². The van der Waals surface area contributed by atoms with Crippen molar-refractivity contribution < 1.29 is 18.8 Å². The fourth-order valence-corrected chi connectivity index (χ4v) is 2.47. The summed E-state index contributed by atoms with van der Waals surface area (Å²) in [5.41, 5.74) is 0.861. The van der Waals surface area contributed by atoms with E-state index in [-0.39, 0.29) is 30.8 Å². The molecule has 1 aromatic carbocycles. The molecule has 2 aliphatic rings. The molecule has 0 aromatic heterocycles. The first-order chi connectivity index (χ1) is 10.5. The van der Waals surface area contributed by atoms with Gasteiger partial charge in [-0.05, 0) is 30.5 Å². The number of benzene rings is 1. The summed E-state index contributed by atoms with van der Waals surface area (Å²) in [5.74, 6) is -2.19. The van der Waals surface area contributed by atoms with Gasteiger partial charge >= 0.3 is 0 Å². The molecule has 1 saturated carbocycles. The maximum absolute atomic E-state index is 13.2. The van der Waals surface area contributed by atoms with Crippen molar-refractivity contribution in [2.75, 3.05) is 11.9 Å². The van der Waals surface area contributed by atoms with Crippen LogP contribution in [-0.2, 0) is 14.4 Å². The second-order valence-electron chi connectivity index (χ2n) is 5.60. The van der Waals surface area contributed by atoms with Gasteiger partial charge < -0.3 is 16.0 Å². The van der Waals surface area contributed by atoms with Crippen LogP contribution in [0.15, 0.2) is 18.2 Å². The zero-order chi connectivity index (χ0) is 15.7. The maximum atomic E-state index is 13.2. The molecule has 0 bridgehead atoms. The monoisotopic (exact) mass is 305 g/mol. The number of rotatable bonds is 4. The van der Waals surface area contributed by atoms with Crippen molar-refractivity contribution in [1.29, 1.82) is 0 Å². The molecule has 0 saturated heterocycles. The Morgan fingerprint density at radius 2 is 2.09 bits per heavy atom. The zero-order valence-corrected chi connectivity index (χ0v) is 11.8. The van der Waals surface area contributed by atoms with Gasteiger partial charge in [0.25, 0.3) is 0 Å². The Kier molecular flexibility index (Phi) is 3.79. The lowest BCUT2D eigenvalue weighted by molar-refractivity contribution is -0.128. The summed E-state index contributed by atoms with van der Waals surface area (Å²) in [4.78, 5) is 35.5. The van der Waals surface area contributed by atoms with Gasteiger partial charge in [-0.1, -0.05) is 6.07 Å². The molecule has 0 radical (unpaired) electrons. The molecule has 3 rings (SSSR count). The number of carbonyl (C=O) groups is 3. The molecule has 0 spiro atoms. The van der Waals surface area contributed by atoms with Crippen LogP contribution in [0.1, 0.15) is 30.7 Å². The third-order valence-corrected chi connectivity index (χ3v) is 3.74. The van der Waals surface area contributed by atoms with E-state index in [1.807, 2.05) is 0 Å². The lowest BCUT2D eigenvalue weighted by Gasteiger charge is -2.24. The average Bonchev–Trinajstić information content (AvgIpc) is 3.27. The van der Waals surface area contributed by atoms with Crippen molar-refractivity contribution in [2.45, 2.75) is 31.2 Å². The molecule has 1 fully saturated rings. The Bertz CT molecular complexity index is 643. The van der Waals surface area contributed by atoms with Gasteiger partial charge in [0.15, 0.2) is 0 Å². The topological polar surface area (TPSA) is 87.3 Å². The highest BCUT2D eigenvalue weighted by atomic mass is 19.1. The van der Waals surface area contributed by atoms with Crippen LogP contribution >= 0.6 is 0 Å². The second-order valence-corrected chi connectivity index (χ2v) is 5.60. The summed E-state index contributed by atoms with van der Waals surface area (Å²) in [7, 11) is 0. The van der Waals surface area contributed by atoms with Crippen LogP contribution in [0, 0.1) is 5.82 Å². The molecule has 1 atom stereocenters. The van der Waals surface area contributed by atoms with Gasteiger partial charge in [0, 0.05) is 18.2 Å². The van der Waals surface area contributed by atoms with Crippen molar-refractivity contribution >= 4 is 23.4 Å². The summed E-state index contributed by atoms with van der Waals surface area (Å²) in [6, 6.07) is 4.15. The van der Waals surface area contributed by atoms with E-state index in [9.17, 15) is 18.8 Å². The Balaban J connectivity index is 1.67. The standard InChI is InChI=1S/C15H16FN3O3/c16-8-1-4-10-11(6-13(20)19-12(10)5-8)15(22)17-7-14(21)18-9-2-3-9/h1,4-5,9,11H,2-3,6-7H2,(H,17,22)(H,18,21)(H,19,20). The molecule has 1 aliphatic carbocycles. The van der Waals surface area contributed by atoms with Crippen LogP contribution in [0.3, 0.4) is 0 Å². The van der Waals surface area contributed by atoms with E-state index in [1.165, 1.54) is 18.2 Å². The first-order valence-corrected chi connectivity index (χ1v) is 7.19. The van der Waals surface area contributed by atoms with E-state index in [0.29, 0.717) is 11.3 Å². The lowest BCUT2D eigenvalue weighted by atomic mass is 9.89. The number of amides is 3. The smallest absolute Gasteiger partial charge is 0.239 e. The van der Waals surface area contributed by atoms with Gasteiger partial charge in [-0.2, -0.15) is 0 Å². The third kappa shape index (κ3) is 3.24. The first-order valence-electron chi connectivity index (χ1n) is 7.19. The molecule has 7 heteroatoms. The highest BCUT2D eigenvalue weighted by molar-refractivity contribution is 6.01. The van der Waals surface area contributed by atoms with Crippen molar-refractivity contribution in [1.82, 2.24) is 10.6 Å². The summed E-state index contributed by atoms with van der Waals surface area (Å²) < 4.78 is 13.2. The fourth-order valence-electron chi connectivity index (χ4n) is 2.47. The molecule has 1 aromatic rings. The Hall–Kier alpha value is -2.44. The van der Waals surface area contributed by atoms with Crippen LogP contribution in [0.4, 0.5) is 10.1 Å². The molecule has 3 N–H and O–H groups in total. The number of hydrogen-bond donors (Lipinski definition) is 3. The number of nitrogens with one attached hydrogen (secondary N) is 3. The molecule has 22 heavy (non-hydrogen) atoms. The Labute approximate surface area is 126 Å². The van der Waals surface area contributed by atoms with E-state index < -0.39 is 17.6 Å². The number of anilines is 1. The molecular weight excluding hydrogens is 289 g/mol. The zero-order valence-electron chi connectivity index (χ0n) is 11.8. The van der Waals surface area contributed by atoms with Crippen LogP contribution < -0.4 is 16.0 Å². The molecule has 116 valence electrons. The van der Waals surface area contributed by atoms with Gasteiger partial charge in [0.1, 0.15) is 5.82 Å². The predicted octanol–water partition coefficient (Wildman–Crippen LogP) is 0.646. The van der Waals surface area contributed by atoms with Crippen LogP contribution in [-0.4, -0.2) is 30.3 Å². The molecule has 3 amide bonds. The van der Waals surface area contributed by atoms with Gasteiger partial charge in [-0.3, -0.25) is 14.4 Å². The molecule has 1 heterocycles. The minimum atomic E-state index is -0.710. The van der Waals surface area contributed by atoms with Crippen molar-refractivity contribution in [2.24, 2.45) is 0 Å². The first kappa shape index (κ1) is 14.5. The van der Waals surface area contributed by atoms with Gasteiger partial charge in [-0.25, -0.2) is 4.39 Å². The van der Waals surface area contributed by atoms with Crippen molar-refractivity contribution in [3.8, 4) is 0 Å². The highest BCUT2D eigenvalue weighted by Gasteiger charge is 2.31. The second kappa shape index (κ2) is 5.75. The fraction of sp³-hybridized carbons (Fsp3) is 0.400. The average molecular weight is 305 g/mol. The predicted molar refractivity (Wildman–Crippen MR) is 76.6 cm³/mol. The SMILES string of the molecule is O=C1CC(C(=O)NCC(=O)NC2CC2)c2ccc(F)cc2N1. The van der Waals surface area contributed by atoms with Crippen LogP contribution in [0.2, 0.25) is 0 Å². The molecule has 1 unspecified atom stereocenters. The summed E-state index contributed by atoms with van der Waals surface area (Å²) in [5, 5.41) is 7.85. The lowest BCUT2D eigenvalue weighted by Crippen LogP contribution is -2.41. The summed E-state index contributed by atoms with van der Waals surface area (Å²) in [6.45, 7) is -0.121. The van der Waals surface area contributed by atoms with Crippen molar-refractivity contribution in [3.63, 3.8) is 0 Å². The van der Waals surface area contributed by atoms with Crippen molar-refractivity contribution in [3.05, 3.63) is 29.6 Å². The summed E-state index contributed by atoms with van der Waals surface area (Å²) in [6.07, 6.45) is 1.93. The van der Waals surface area contributed by atoms with Crippen LogP contribution in [0.25, 0.3) is 0 Å². The van der Waals surface area contributed by atoms with Gasteiger partial charge in [-0.15, -0.1) is 0 Å². The number of halogens is 1.